The third-order valence-electron chi connectivity index (χ3n) is 2.61. The minimum absolute atomic E-state index is 1.08. The third kappa shape index (κ3) is 0.206. The van der Waals surface area contributed by atoms with Crippen LogP contribution in [0.25, 0.3) is 0 Å². The Morgan fingerprint density at radius 1 is 1.57 bits per heavy atom. The summed E-state index contributed by atoms with van der Waals surface area (Å²) < 4.78 is 0. The molecule has 3 aliphatic carbocycles. The van der Waals surface area contributed by atoms with Crippen molar-refractivity contribution in [2.24, 2.45) is 17.8 Å². The highest BCUT2D eigenvalue weighted by Gasteiger charge is 2.55. The molecule has 3 unspecified atom stereocenters. The van der Waals surface area contributed by atoms with E-state index < -0.39 is 0 Å². The van der Waals surface area contributed by atoms with Gasteiger partial charge in [0.25, 0.3) is 0 Å². The monoisotopic (exact) mass is 92.1 g/mol. The molecule has 0 spiro atoms. The van der Waals surface area contributed by atoms with Crippen molar-refractivity contribution < 1.29 is 0 Å². The average molecular weight is 92.1 g/mol. The zero-order valence-corrected chi connectivity index (χ0v) is 4.22. The second-order valence-corrected chi connectivity index (χ2v) is 3.12. The summed E-state index contributed by atoms with van der Waals surface area (Å²) in [5, 5.41) is 0. The lowest BCUT2D eigenvalue weighted by atomic mass is 10.3. The summed E-state index contributed by atoms with van der Waals surface area (Å²) in [6.07, 6.45) is 5.52. The Balaban J connectivity index is 2.20. The summed E-state index contributed by atoms with van der Waals surface area (Å²) >= 11 is 0. The molecule has 2 fully saturated rings. The van der Waals surface area contributed by atoms with Crippen molar-refractivity contribution in [3.8, 4) is 0 Å². The molecule has 0 aromatic heterocycles. The second kappa shape index (κ2) is 0.594. The average Bonchev–Trinajstić information content (AvgIpc) is 2.47. The van der Waals surface area contributed by atoms with Gasteiger partial charge in [0.15, 0.2) is 0 Å². The Morgan fingerprint density at radius 3 is 3.00 bits per heavy atom. The van der Waals surface area contributed by atoms with E-state index in [4.69, 9.17) is 0 Å². The first-order valence-electron chi connectivity index (χ1n) is 3.16. The molecule has 0 amide bonds. The van der Waals surface area contributed by atoms with Gasteiger partial charge in [-0.05, 0) is 30.6 Å². The van der Waals surface area contributed by atoms with Crippen LogP contribution < -0.4 is 0 Å². The molecule has 36 valence electrons. The molecule has 0 bridgehead atoms. The van der Waals surface area contributed by atoms with Crippen LogP contribution in [-0.4, -0.2) is 0 Å². The lowest BCUT2D eigenvalue weighted by Crippen LogP contribution is -1.72. The standard InChI is InChI=1S/C7H8/c1-4-2-6(4)7-3-5(1)7/h1,4,6-7H,2-3H2. The van der Waals surface area contributed by atoms with E-state index >= 15 is 0 Å². The van der Waals surface area contributed by atoms with E-state index in [0.717, 1.165) is 17.8 Å². The van der Waals surface area contributed by atoms with Crippen molar-refractivity contribution in [1.82, 2.24) is 0 Å². The van der Waals surface area contributed by atoms with Crippen molar-refractivity contribution >= 4 is 0 Å². The van der Waals surface area contributed by atoms with Gasteiger partial charge in [0.05, 0.1) is 0 Å². The SMILES string of the molecule is C1=C2CC2C2CC12. The van der Waals surface area contributed by atoms with Crippen molar-refractivity contribution in [3.05, 3.63) is 11.6 Å². The molecule has 0 radical (unpaired) electrons. The minimum atomic E-state index is 1.08. The first-order valence-corrected chi connectivity index (χ1v) is 3.16. The summed E-state index contributed by atoms with van der Waals surface area (Å²) in [6.45, 7) is 0. The molecule has 7 heavy (non-hydrogen) atoms. The van der Waals surface area contributed by atoms with Gasteiger partial charge in [0, 0.05) is 0 Å². The van der Waals surface area contributed by atoms with Crippen LogP contribution >= 0.6 is 0 Å². The van der Waals surface area contributed by atoms with Crippen LogP contribution in [-0.2, 0) is 0 Å². The summed E-state index contributed by atoms with van der Waals surface area (Å²) in [5.74, 6) is 3.36. The van der Waals surface area contributed by atoms with Crippen LogP contribution in [0.3, 0.4) is 0 Å². The van der Waals surface area contributed by atoms with Gasteiger partial charge in [-0.15, -0.1) is 0 Å². The van der Waals surface area contributed by atoms with E-state index in [2.05, 4.69) is 6.08 Å². The van der Waals surface area contributed by atoms with Crippen LogP contribution in [0, 0.1) is 17.8 Å². The molecule has 0 aromatic carbocycles. The molecule has 2 saturated carbocycles. The number of rotatable bonds is 0. The Labute approximate surface area is 43.2 Å². The Kier molecular flexibility index (Phi) is 0.247. The summed E-state index contributed by atoms with van der Waals surface area (Å²) in [6, 6.07) is 0. The zero-order chi connectivity index (χ0) is 4.43. The quantitative estimate of drug-likeness (QED) is 0.398. The highest BCUT2D eigenvalue weighted by Crippen LogP contribution is 2.65. The lowest BCUT2D eigenvalue weighted by Gasteiger charge is -1.77. The van der Waals surface area contributed by atoms with E-state index in [9.17, 15) is 0 Å². The van der Waals surface area contributed by atoms with Gasteiger partial charge < -0.3 is 0 Å². The molecular formula is C7H8. The van der Waals surface area contributed by atoms with Crippen LogP contribution in [0.15, 0.2) is 11.6 Å². The zero-order valence-electron chi connectivity index (χ0n) is 4.22. The maximum absolute atomic E-state index is 2.51. The number of hydrogen-bond acceptors (Lipinski definition) is 0. The van der Waals surface area contributed by atoms with E-state index in [-0.39, 0.29) is 0 Å². The van der Waals surface area contributed by atoms with Gasteiger partial charge in [-0.2, -0.15) is 0 Å². The van der Waals surface area contributed by atoms with Crippen molar-refractivity contribution in [2.75, 3.05) is 0 Å². The van der Waals surface area contributed by atoms with Crippen LogP contribution in [0.2, 0.25) is 0 Å². The highest BCUT2D eigenvalue weighted by atomic mass is 14.6. The molecule has 0 aliphatic heterocycles. The number of hydrogen-bond donors (Lipinski definition) is 0. The molecule has 3 rings (SSSR count). The van der Waals surface area contributed by atoms with E-state index in [1.807, 2.05) is 0 Å². The summed E-state index contributed by atoms with van der Waals surface area (Å²) in [7, 11) is 0. The first kappa shape index (κ1) is 2.91. The fourth-order valence-electron chi connectivity index (χ4n) is 1.98. The molecule has 0 nitrogen and oxygen atoms in total. The number of allylic oxidation sites excluding steroid dienone is 2. The molecule has 0 heteroatoms. The lowest BCUT2D eigenvalue weighted by molar-refractivity contribution is 0.725. The molecule has 0 heterocycles. The maximum Gasteiger partial charge on any atom is -0.0131 e. The predicted molar refractivity (Wildman–Crippen MR) is 27.8 cm³/mol. The van der Waals surface area contributed by atoms with E-state index in [1.165, 1.54) is 12.8 Å². The van der Waals surface area contributed by atoms with Crippen molar-refractivity contribution in [2.45, 2.75) is 12.8 Å². The Bertz CT molecular complexity index is 155. The topological polar surface area (TPSA) is 0 Å². The van der Waals surface area contributed by atoms with Gasteiger partial charge >= 0.3 is 0 Å². The van der Waals surface area contributed by atoms with Gasteiger partial charge in [0.2, 0.25) is 0 Å². The number of fused-ring (bicyclic) bond motifs is 3. The van der Waals surface area contributed by atoms with Gasteiger partial charge in [0.1, 0.15) is 0 Å². The predicted octanol–water partition coefficient (Wildman–Crippen LogP) is 1.58. The van der Waals surface area contributed by atoms with Gasteiger partial charge in [-0.1, -0.05) is 11.6 Å². The Hall–Kier alpha value is -0.260. The maximum atomic E-state index is 2.51. The molecule has 0 saturated heterocycles. The van der Waals surface area contributed by atoms with Crippen LogP contribution in [0.5, 0.6) is 0 Å². The minimum Gasteiger partial charge on any atom is -0.0816 e. The molecule has 0 aromatic rings. The van der Waals surface area contributed by atoms with Crippen LogP contribution in [0.1, 0.15) is 12.8 Å². The molecule has 3 atom stereocenters. The van der Waals surface area contributed by atoms with Crippen molar-refractivity contribution in [3.63, 3.8) is 0 Å². The molecule has 3 aliphatic rings. The fourth-order valence-corrected chi connectivity index (χ4v) is 1.98. The normalized spacial score (nSPS) is 60.6. The van der Waals surface area contributed by atoms with Gasteiger partial charge in [-0.25, -0.2) is 0 Å². The summed E-state index contributed by atoms with van der Waals surface area (Å²) in [5.41, 5.74) is 1.79. The summed E-state index contributed by atoms with van der Waals surface area (Å²) in [4.78, 5) is 0. The Morgan fingerprint density at radius 2 is 2.57 bits per heavy atom. The van der Waals surface area contributed by atoms with Gasteiger partial charge in [-0.3, -0.25) is 0 Å². The van der Waals surface area contributed by atoms with Crippen molar-refractivity contribution in [1.29, 1.82) is 0 Å². The third-order valence-corrected chi connectivity index (χ3v) is 2.61. The first-order chi connectivity index (χ1) is 3.45. The highest BCUT2D eigenvalue weighted by molar-refractivity contribution is 5.37. The molecular weight excluding hydrogens is 84.1 g/mol. The second-order valence-electron chi connectivity index (χ2n) is 3.12. The van der Waals surface area contributed by atoms with Crippen LogP contribution in [0.4, 0.5) is 0 Å². The van der Waals surface area contributed by atoms with E-state index in [0.29, 0.717) is 0 Å². The smallest absolute Gasteiger partial charge is 0.0131 e. The molecule has 0 N–H and O–H groups in total. The van der Waals surface area contributed by atoms with E-state index in [1.54, 1.807) is 5.57 Å². The largest absolute Gasteiger partial charge is 0.0816 e. The fraction of sp³-hybridized carbons (Fsp3) is 0.714.